The van der Waals surface area contributed by atoms with Crippen molar-refractivity contribution in [3.63, 3.8) is 0 Å². The van der Waals surface area contributed by atoms with E-state index in [0.717, 1.165) is 30.7 Å². The second kappa shape index (κ2) is 12.3. The highest BCUT2D eigenvalue weighted by molar-refractivity contribution is 7.23. The summed E-state index contributed by atoms with van der Waals surface area (Å²) in [7, 11) is 0. The molecule has 3 atom stereocenters. The van der Waals surface area contributed by atoms with Crippen LogP contribution in [0, 0.1) is 34.3 Å². The third-order valence-corrected chi connectivity index (χ3v) is 13.6. The zero-order valence-corrected chi connectivity index (χ0v) is 30.1. The van der Waals surface area contributed by atoms with Crippen LogP contribution in [0.15, 0.2) is 18.2 Å². The molecule has 9 rings (SSSR count). The van der Waals surface area contributed by atoms with Gasteiger partial charge in [-0.2, -0.15) is 15.2 Å². The molecule has 6 heterocycles. The number of fused-ring (bicyclic) bond motifs is 3. The van der Waals surface area contributed by atoms with E-state index in [4.69, 9.17) is 27.1 Å². The van der Waals surface area contributed by atoms with Gasteiger partial charge < -0.3 is 20.3 Å². The molecule has 53 heavy (non-hydrogen) atoms. The van der Waals surface area contributed by atoms with Gasteiger partial charge >= 0.3 is 6.01 Å². The van der Waals surface area contributed by atoms with Crippen LogP contribution >= 0.6 is 22.9 Å². The first-order valence-electron chi connectivity index (χ1n) is 17.9. The summed E-state index contributed by atoms with van der Waals surface area (Å²) in [6, 6.07) is 6.03. The SMILES string of the molecule is N#Cc1c(N)sc2c(F)ccc(-c3c(Cl)cc4c(N5CCC6(CCN(C(=O)C7CC7(F)F)C6)CC5)nc(OC[C@@]56CCCN5C[C@H](F)C6)nc4c3F)c12. The van der Waals surface area contributed by atoms with E-state index < -0.39 is 47.5 Å². The number of amides is 1. The van der Waals surface area contributed by atoms with Gasteiger partial charge in [0.05, 0.1) is 20.8 Å². The Hall–Kier alpha value is -4.00. The van der Waals surface area contributed by atoms with Crippen LogP contribution in [0.2, 0.25) is 5.02 Å². The summed E-state index contributed by atoms with van der Waals surface area (Å²) < 4.78 is 80.4. The van der Waals surface area contributed by atoms with Crippen LogP contribution < -0.4 is 15.4 Å². The Bertz CT molecular complexity index is 2240. The molecule has 4 saturated heterocycles. The van der Waals surface area contributed by atoms with Gasteiger partial charge in [-0.1, -0.05) is 17.7 Å². The van der Waals surface area contributed by atoms with Crippen molar-refractivity contribution >= 4 is 60.7 Å². The van der Waals surface area contributed by atoms with Crippen LogP contribution in [0.5, 0.6) is 6.01 Å². The van der Waals surface area contributed by atoms with E-state index in [-0.39, 0.29) is 60.3 Å². The lowest BCUT2D eigenvalue weighted by Crippen LogP contribution is -2.44. The molecule has 1 amide bonds. The van der Waals surface area contributed by atoms with Gasteiger partial charge in [0.1, 0.15) is 46.9 Å². The number of anilines is 2. The van der Waals surface area contributed by atoms with Gasteiger partial charge in [0.15, 0.2) is 5.82 Å². The number of nitriles is 1. The van der Waals surface area contributed by atoms with Crippen molar-refractivity contribution in [1.29, 1.82) is 5.26 Å². The lowest BCUT2D eigenvalue weighted by molar-refractivity contribution is -0.134. The fraction of sp³-hybridized carbons (Fsp3) is 0.514. The maximum absolute atomic E-state index is 17.1. The normalized spacial score (nSPS) is 26.1. The van der Waals surface area contributed by atoms with E-state index in [1.807, 2.05) is 11.0 Å². The number of nitrogen functional groups attached to an aromatic ring is 1. The highest BCUT2D eigenvalue weighted by Gasteiger charge is 2.63. The molecule has 1 aliphatic carbocycles. The standard InChI is InChI=1S/C37H35ClF5N7O2S/c38-24-12-21-29(28(41)27(24)20-2-3-25(40)30-26(20)22(15-44)31(45)53-30)46-34(52-18-36-4-1-8-50(36)16-19(39)13-36)47-32(21)48-9-5-35(6-10-48)7-11-49(17-35)33(51)23-14-37(23,42)43/h2-3,12,19,23H,1,4-11,13-14,16-18,45H2/t19-,23?,36+/m1/s1. The van der Waals surface area contributed by atoms with E-state index in [9.17, 15) is 27.6 Å². The first-order valence-corrected chi connectivity index (χ1v) is 19.1. The molecule has 5 aliphatic rings. The van der Waals surface area contributed by atoms with E-state index in [0.29, 0.717) is 69.6 Å². The predicted octanol–water partition coefficient (Wildman–Crippen LogP) is 7.33. The number of halogens is 6. The van der Waals surface area contributed by atoms with Crippen molar-refractivity contribution in [3.8, 4) is 23.2 Å². The minimum Gasteiger partial charge on any atom is -0.461 e. The number of carbonyl (C=O) groups excluding carboxylic acids is 1. The second-order valence-corrected chi connectivity index (χ2v) is 16.9. The zero-order chi connectivity index (χ0) is 37.0. The van der Waals surface area contributed by atoms with Gasteiger partial charge in [0.25, 0.3) is 5.92 Å². The molecule has 4 aliphatic heterocycles. The fourth-order valence-electron chi connectivity index (χ4n) is 9.29. The molecule has 2 N–H and O–H groups in total. The molecule has 1 unspecified atom stereocenters. The van der Waals surface area contributed by atoms with Crippen molar-refractivity contribution in [2.45, 2.75) is 62.6 Å². The summed E-state index contributed by atoms with van der Waals surface area (Å²) in [4.78, 5) is 27.8. The van der Waals surface area contributed by atoms with Gasteiger partial charge in [-0.3, -0.25) is 9.69 Å². The van der Waals surface area contributed by atoms with Gasteiger partial charge in [0, 0.05) is 61.9 Å². The summed E-state index contributed by atoms with van der Waals surface area (Å²) >= 11 is 7.76. The zero-order valence-electron chi connectivity index (χ0n) is 28.5. The van der Waals surface area contributed by atoms with E-state index >= 15 is 4.39 Å². The highest BCUT2D eigenvalue weighted by atomic mass is 35.5. The van der Waals surface area contributed by atoms with Crippen molar-refractivity contribution < 1.29 is 31.5 Å². The fourth-order valence-corrected chi connectivity index (χ4v) is 10.5. The van der Waals surface area contributed by atoms with Crippen LogP contribution in [0.1, 0.15) is 50.5 Å². The van der Waals surface area contributed by atoms with Crippen molar-refractivity contribution in [2.75, 3.05) is 56.5 Å². The maximum Gasteiger partial charge on any atom is 0.319 e. The quantitative estimate of drug-likeness (QED) is 0.203. The van der Waals surface area contributed by atoms with Crippen molar-refractivity contribution in [2.24, 2.45) is 11.3 Å². The number of alkyl halides is 3. The molecular weight excluding hydrogens is 737 g/mol. The number of hydrogen-bond donors (Lipinski definition) is 1. The van der Waals surface area contributed by atoms with Gasteiger partial charge in [-0.05, 0) is 61.8 Å². The minimum atomic E-state index is -2.92. The summed E-state index contributed by atoms with van der Waals surface area (Å²) in [6.07, 6.45) is 2.60. The molecule has 9 nitrogen and oxygen atoms in total. The third-order valence-electron chi connectivity index (χ3n) is 12.3. The average Bonchev–Trinajstić information content (AvgIpc) is 3.55. The number of piperidine rings is 1. The lowest BCUT2D eigenvalue weighted by atomic mass is 9.77. The summed E-state index contributed by atoms with van der Waals surface area (Å²) in [5.41, 5.74) is 5.35. The summed E-state index contributed by atoms with van der Waals surface area (Å²) in [6.45, 7) is 3.01. The van der Waals surface area contributed by atoms with E-state index in [1.165, 1.54) is 12.1 Å². The van der Waals surface area contributed by atoms with E-state index in [2.05, 4.69) is 9.88 Å². The first-order chi connectivity index (χ1) is 25.3. The summed E-state index contributed by atoms with van der Waals surface area (Å²) in [5.74, 6) is -5.66. The number of hydrogen-bond acceptors (Lipinski definition) is 9. The van der Waals surface area contributed by atoms with Gasteiger partial charge in [-0.25, -0.2) is 22.0 Å². The number of thiophene rings is 1. The van der Waals surface area contributed by atoms with Crippen molar-refractivity contribution in [3.05, 3.63) is 40.4 Å². The smallest absolute Gasteiger partial charge is 0.319 e. The summed E-state index contributed by atoms with van der Waals surface area (Å²) in [5, 5.41) is 10.4. The molecule has 2 aromatic heterocycles. The molecule has 1 spiro atoms. The molecule has 0 bridgehead atoms. The van der Waals surface area contributed by atoms with Crippen molar-refractivity contribution in [1.82, 2.24) is 19.8 Å². The number of nitrogens with two attached hydrogens (primary N) is 1. The Morgan fingerprint density at radius 1 is 1.11 bits per heavy atom. The number of ether oxygens (including phenoxy) is 1. The van der Waals surface area contributed by atoms with Crippen LogP contribution in [-0.4, -0.2) is 89.2 Å². The number of nitrogens with zero attached hydrogens (tertiary/aromatic N) is 6. The first kappa shape index (κ1) is 34.7. The van der Waals surface area contributed by atoms with Crippen LogP contribution in [0.4, 0.5) is 32.8 Å². The van der Waals surface area contributed by atoms with Gasteiger partial charge in [-0.15, -0.1) is 11.3 Å². The topological polar surface area (TPSA) is 112 Å². The van der Waals surface area contributed by atoms with Gasteiger partial charge in [0.2, 0.25) is 5.91 Å². The number of rotatable bonds is 6. The Kier molecular flexibility index (Phi) is 8.04. The molecular formula is C37H35ClF5N7O2S. The van der Waals surface area contributed by atoms with Crippen LogP contribution in [0.25, 0.3) is 32.1 Å². The number of benzene rings is 2. The molecule has 16 heteroatoms. The largest absolute Gasteiger partial charge is 0.461 e. The molecule has 1 saturated carbocycles. The second-order valence-electron chi connectivity index (χ2n) is 15.4. The van der Waals surface area contributed by atoms with Crippen LogP contribution in [-0.2, 0) is 4.79 Å². The Morgan fingerprint density at radius 2 is 1.87 bits per heavy atom. The number of aromatic nitrogens is 2. The highest BCUT2D eigenvalue weighted by Crippen LogP contribution is 2.52. The molecule has 5 fully saturated rings. The van der Waals surface area contributed by atoms with Crippen LogP contribution in [0.3, 0.4) is 0 Å². The maximum atomic E-state index is 17.1. The Morgan fingerprint density at radius 3 is 2.60 bits per heavy atom. The predicted molar refractivity (Wildman–Crippen MR) is 191 cm³/mol. The molecule has 278 valence electrons. The van der Waals surface area contributed by atoms with E-state index in [1.54, 1.807) is 11.0 Å². The molecule has 0 radical (unpaired) electrons. The third kappa shape index (κ3) is 5.57. The Balaban J connectivity index is 1.09. The Labute approximate surface area is 310 Å². The lowest BCUT2D eigenvalue weighted by Gasteiger charge is -2.40. The molecule has 2 aromatic carbocycles. The average molecular weight is 772 g/mol. The number of carbonyl (C=O) groups is 1. The monoisotopic (exact) mass is 771 g/mol. The molecule has 4 aromatic rings. The minimum absolute atomic E-state index is 0.00850. The number of likely N-dealkylation sites (tertiary alicyclic amines) is 1.